The smallest absolute Gasteiger partial charge is 0.323 e. The lowest BCUT2D eigenvalue weighted by molar-refractivity contribution is -0.140. The summed E-state index contributed by atoms with van der Waals surface area (Å²) in [5, 5.41) is 8.56. The predicted octanol–water partition coefficient (Wildman–Crippen LogP) is 0.809. The van der Waals surface area contributed by atoms with Gasteiger partial charge in [-0.15, -0.1) is 0 Å². The number of amides is 1. The van der Waals surface area contributed by atoms with Crippen molar-refractivity contribution in [3.8, 4) is 0 Å². The molecular weight excluding hydrogens is 238 g/mol. The number of carbonyl (C=O) groups is 2. The Kier molecular flexibility index (Phi) is 4.10. The number of thioether (sulfide) groups is 1. The monoisotopic (exact) mass is 247 g/mol. The Morgan fingerprint density at radius 1 is 1.73 bits per heavy atom. The van der Waals surface area contributed by atoms with Crippen molar-refractivity contribution in [1.29, 1.82) is 0 Å². The Balaban J connectivity index is 2.74. The summed E-state index contributed by atoms with van der Waals surface area (Å²) in [6, 6.07) is 0. The lowest BCUT2D eigenvalue weighted by atomic mass is 10.5. The Morgan fingerprint density at radius 3 is 2.93 bits per heavy atom. The SMILES string of the molecule is CCO/C=C1\SC(=S)N(CC(=O)O)C1=O. The maximum Gasteiger partial charge on any atom is 0.323 e. The summed E-state index contributed by atoms with van der Waals surface area (Å²) in [6.45, 7) is 1.83. The van der Waals surface area contributed by atoms with E-state index in [2.05, 4.69) is 0 Å². The fraction of sp³-hybridized carbons (Fsp3) is 0.375. The first-order valence-corrected chi connectivity index (χ1v) is 5.36. The molecule has 0 bridgehead atoms. The van der Waals surface area contributed by atoms with Gasteiger partial charge in [-0.3, -0.25) is 14.5 Å². The van der Waals surface area contributed by atoms with E-state index < -0.39 is 18.4 Å². The summed E-state index contributed by atoms with van der Waals surface area (Å²) in [6.07, 6.45) is 1.31. The molecule has 0 saturated carbocycles. The number of aliphatic carboxylic acids is 1. The number of nitrogens with zero attached hydrogens (tertiary/aromatic N) is 1. The maximum atomic E-state index is 11.6. The molecule has 1 heterocycles. The molecule has 0 aromatic rings. The van der Waals surface area contributed by atoms with Gasteiger partial charge in [0.2, 0.25) is 0 Å². The van der Waals surface area contributed by atoms with Gasteiger partial charge in [0.1, 0.15) is 22.0 Å². The van der Waals surface area contributed by atoms with Crippen LogP contribution in [0.5, 0.6) is 0 Å². The van der Waals surface area contributed by atoms with E-state index in [9.17, 15) is 9.59 Å². The fourth-order valence-corrected chi connectivity index (χ4v) is 2.09. The molecule has 0 radical (unpaired) electrons. The number of rotatable bonds is 4. The van der Waals surface area contributed by atoms with Gasteiger partial charge in [-0.1, -0.05) is 24.0 Å². The predicted molar refractivity (Wildman–Crippen MR) is 59.2 cm³/mol. The lowest BCUT2D eigenvalue weighted by Gasteiger charge is -2.09. The van der Waals surface area contributed by atoms with E-state index in [1.54, 1.807) is 6.92 Å². The van der Waals surface area contributed by atoms with Crippen LogP contribution in [0.15, 0.2) is 11.2 Å². The number of carboxylic acid groups (broad SMARTS) is 1. The summed E-state index contributed by atoms with van der Waals surface area (Å²) in [5.74, 6) is -1.51. The van der Waals surface area contributed by atoms with Gasteiger partial charge in [0.15, 0.2) is 0 Å². The summed E-state index contributed by atoms with van der Waals surface area (Å²) in [4.78, 5) is 23.4. The average Bonchev–Trinajstić information content (AvgIpc) is 2.42. The molecule has 1 saturated heterocycles. The second-order valence-corrected chi connectivity index (χ2v) is 4.27. The minimum absolute atomic E-state index is 0.244. The largest absolute Gasteiger partial charge is 0.500 e. The van der Waals surface area contributed by atoms with Gasteiger partial charge in [-0.2, -0.15) is 0 Å². The lowest BCUT2D eigenvalue weighted by Crippen LogP contribution is -2.33. The molecule has 0 spiro atoms. The van der Waals surface area contributed by atoms with E-state index in [0.717, 1.165) is 16.7 Å². The number of thiocarbonyl (C=S) groups is 1. The second kappa shape index (κ2) is 5.13. The quantitative estimate of drug-likeness (QED) is 0.450. The van der Waals surface area contributed by atoms with E-state index in [-0.39, 0.29) is 4.32 Å². The van der Waals surface area contributed by atoms with Crippen LogP contribution in [0.4, 0.5) is 0 Å². The summed E-state index contributed by atoms with van der Waals surface area (Å²) in [5.41, 5.74) is 0. The van der Waals surface area contributed by atoms with Crippen LogP contribution in [0.2, 0.25) is 0 Å². The molecule has 7 heteroatoms. The highest BCUT2D eigenvalue weighted by atomic mass is 32.2. The zero-order valence-electron chi connectivity index (χ0n) is 7.93. The molecule has 1 fully saturated rings. The van der Waals surface area contributed by atoms with Crippen LogP contribution in [-0.2, 0) is 14.3 Å². The minimum atomic E-state index is -1.09. The van der Waals surface area contributed by atoms with Crippen LogP contribution in [0.25, 0.3) is 0 Å². The highest BCUT2D eigenvalue weighted by Gasteiger charge is 2.33. The van der Waals surface area contributed by atoms with Crippen molar-refractivity contribution < 1.29 is 19.4 Å². The molecule has 1 amide bonds. The van der Waals surface area contributed by atoms with Crippen molar-refractivity contribution in [3.63, 3.8) is 0 Å². The number of hydrogen-bond acceptors (Lipinski definition) is 5. The molecule has 15 heavy (non-hydrogen) atoms. The summed E-state index contributed by atoms with van der Waals surface area (Å²) >= 11 is 5.92. The third-order valence-electron chi connectivity index (χ3n) is 1.52. The maximum absolute atomic E-state index is 11.6. The fourth-order valence-electron chi connectivity index (χ4n) is 0.914. The number of hydrogen-bond donors (Lipinski definition) is 1. The Bertz CT molecular complexity index is 340. The number of carbonyl (C=O) groups excluding carboxylic acids is 1. The van der Waals surface area contributed by atoms with Crippen LogP contribution >= 0.6 is 24.0 Å². The Labute approximate surface area is 96.1 Å². The first kappa shape index (κ1) is 12.0. The highest BCUT2D eigenvalue weighted by molar-refractivity contribution is 8.26. The van der Waals surface area contributed by atoms with Gasteiger partial charge in [0.05, 0.1) is 6.61 Å². The molecule has 1 rings (SSSR count). The molecule has 0 aliphatic carbocycles. The topological polar surface area (TPSA) is 66.8 Å². The third kappa shape index (κ3) is 2.93. The first-order valence-electron chi connectivity index (χ1n) is 4.13. The zero-order chi connectivity index (χ0) is 11.4. The first-order chi connectivity index (χ1) is 7.06. The van der Waals surface area contributed by atoms with Crippen LogP contribution in [-0.4, -0.2) is 39.4 Å². The minimum Gasteiger partial charge on any atom is -0.500 e. The molecule has 1 N–H and O–H groups in total. The van der Waals surface area contributed by atoms with Gasteiger partial charge in [0, 0.05) is 0 Å². The van der Waals surface area contributed by atoms with Crippen molar-refractivity contribution in [3.05, 3.63) is 11.2 Å². The van der Waals surface area contributed by atoms with Gasteiger partial charge in [-0.25, -0.2) is 0 Å². The molecule has 5 nitrogen and oxygen atoms in total. The van der Waals surface area contributed by atoms with E-state index in [4.69, 9.17) is 22.1 Å². The van der Waals surface area contributed by atoms with Crippen molar-refractivity contribution in [2.45, 2.75) is 6.92 Å². The number of carboxylic acids is 1. The zero-order valence-corrected chi connectivity index (χ0v) is 9.56. The van der Waals surface area contributed by atoms with Crippen LogP contribution in [0, 0.1) is 0 Å². The second-order valence-electron chi connectivity index (χ2n) is 2.59. The normalized spacial score (nSPS) is 18.7. The molecule has 82 valence electrons. The van der Waals surface area contributed by atoms with E-state index in [1.165, 1.54) is 6.26 Å². The van der Waals surface area contributed by atoms with Crippen molar-refractivity contribution >= 4 is 40.2 Å². The number of ether oxygens (including phenoxy) is 1. The molecule has 0 atom stereocenters. The Hall–Kier alpha value is -1.08. The molecule has 0 unspecified atom stereocenters. The van der Waals surface area contributed by atoms with Crippen LogP contribution < -0.4 is 0 Å². The molecular formula is C8H9NO4S2. The van der Waals surface area contributed by atoms with Crippen molar-refractivity contribution in [2.24, 2.45) is 0 Å². The molecule has 1 aliphatic rings. The van der Waals surface area contributed by atoms with E-state index in [0.29, 0.717) is 11.5 Å². The summed E-state index contributed by atoms with van der Waals surface area (Å²) < 4.78 is 5.20. The van der Waals surface area contributed by atoms with Crippen molar-refractivity contribution in [2.75, 3.05) is 13.2 Å². The third-order valence-corrected chi connectivity index (χ3v) is 2.88. The standard InChI is InChI=1S/C8H9NO4S2/c1-2-13-4-5-7(12)9(3-6(10)11)8(14)15-5/h4H,2-3H2,1H3,(H,10,11)/b5-4-. The van der Waals surface area contributed by atoms with Gasteiger partial charge < -0.3 is 9.84 Å². The summed E-state index contributed by atoms with van der Waals surface area (Å²) in [7, 11) is 0. The van der Waals surface area contributed by atoms with Gasteiger partial charge >= 0.3 is 5.97 Å². The molecule has 0 aromatic heterocycles. The van der Waals surface area contributed by atoms with Crippen molar-refractivity contribution in [1.82, 2.24) is 4.90 Å². The van der Waals surface area contributed by atoms with E-state index >= 15 is 0 Å². The van der Waals surface area contributed by atoms with Gasteiger partial charge in [-0.05, 0) is 6.92 Å². The van der Waals surface area contributed by atoms with Crippen LogP contribution in [0.3, 0.4) is 0 Å². The Morgan fingerprint density at radius 2 is 2.40 bits per heavy atom. The van der Waals surface area contributed by atoms with E-state index in [1.807, 2.05) is 0 Å². The van der Waals surface area contributed by atoms with Gasteiger partial charge in [0.25, 0.3) is 5.91 Å². The average molecular weight is 247 g/mol. The molecule has 0 aromatic carbocycles. The van der Waals surface area contributed by atoms with Crippen LogP contribution in [0.1, 0.15) is 6.92 Å². The molecule has 1 aliphatic heterocycles. The highest BCUT2D eigenvalue weighted by Crippen LogP contribution is 2.30.